The van der Waals surface area contributed by atoms with Crippen LogP contribution in [0.2, 0.25) is 5.02 Å². The lowest BCUT2D eigenvalue weighted by atomic mass is 10.2. The number of benzene rings is 1. The number of ether oxygens (including phenoxy) is 1. The van der Waals surface area contributed by atoms with Gasteiger partial charge in [0.1, 0.15) is 0 Å². The van der Waals surface area contributed by atoms with Crippen LogP contribution in [0.1, 0.15) is 12.5 Å². The van der Waals surface area contributed by atoms with E-state index < -0.39 is 0 Å². The van der Waals surface area contributed by atoms with E-state index in [0.717, 1.165) is 30.2 Å². The van der Waals surface area contributed by atoms with Gasteiger partial charge >= 0.3 is 0 Å². The molecule has 1 aromatic carbocycles. The number of rotatable bonds is 4. The normalized spacial score (nSPS) is 10.2. The average molecular weight is 185 g/mol. The van der Waals surface area contributed by atoms with Gasteiger partial charge in [0, 0.05) is 11.6 Å². The number of hydrogen-bond donors (Lipinski definition) is 0. The van der Waals surface area contributed by atoms with Crippen LogP contribution in [0.25, 0.3) is 0 Å². The van der Waals surface area contributed by atoms with Gasteiger partial charge in [-0.15, -0.1) is 0 Å². The first kappa shape index (κ1) is 9.56. The summed E-state index contributed by atoms with van der Waals surface area (Å²) < 4.78 is 5.23. The van der Waals surface area contributed by atoms with Crippen molar-refractivity contribution in [2.45, 2.75) is 13.3 Å². The fraction of sp³-hybridized carbons (Fsp3) is 0.400. The predicted octanol–water partition coefficient (Wildman–Crippen LogP) is 2.92. The van der Waals surface area contributed by atoms with Crippen LogP contribution in [0.15, 0.2) is 24.3 Å². The van der Waals surface area contributed by atoms with Crippen LogP contribution in [-0.2, 0) is 11.2 Å². The molecule has 2 heteroatoms. The van der Waals surface area contributed by atoms with E-state index in [9.17, 15) is 0 Å². The summed E-state index contributed by atoms with van der Waals surface area (Å²) in [6, 6.07) is 7.86. The summed E-state index contributed by atoms with van der Waals surface area (Å²) >= 11 is 5.95. The van der Waals surface area contributed by atoms with Gasteiger partial charge in [-0.2, -0.15) is 0 Å². The second kappa shape index (κ2) is 5.18. The molecule has 0 radical (unpaired) electrons. The van der Waals surface area contributed by atoms with Crippen molar-refractivity contribution in [1.29, 1.82) is 0 Å². The third-order valence-electron chi connectivity index (χ3n) is 1.68. The zero-order valence-corrected chi connectivity index (χ0v) is 7.97. The minimum absolute atomic E-state index is 0.750. The molecule has 0 atom stereocenters. The quantitative estimate of drug-likeness (QED) is 0.654. The summed E-state index contributed by atoms with van der Waals surface area (Å²) in [6.07, 6.45) is 0.896. The van der Waals surface area contributed by atoms with Crippen molar-refractivity contribution in [3.63, 3.8) is 0 Å². The van der Waals surface area contributed by atoms with Gasteiger partial charge in [0.25, 0.3) is 0 Å². The molecule has 0 spiro atoms. The molecule has 0 unspecified atom stereocenters. The minimum atomic E-state index is 0.750. The Labute approximate surface area is 78.3 Å². The Morgan fingerprint density at radius 2 is 2.08 bits per heavy atom. The first-order valence-corrected chi connectivity index (χ1v) is 4.53. The molecule has 0 bridgehead atoms. The van der Waals surface area contributed by atoms with Gasteiger partial charge in [0.15, 0.2) is 0 Å². The Morgan fingerprint density at radius 1 is 1.33 bits per heavy atom. The van der Waals surface area contributed by atoms with Gasteiger partial charge in [-0.3, -0.25) is 0 Å². The van der Waals surface area contributed by atoms with E-state index in [1.807, 2.05) is 31.2 Å². The predicted molar refractivity (Wildman–Crippen MR) is 51.6 cm³/mol. The maximum Gasteiger partial charge on any atom is 0.0506 e. The Kier molecular flexibility index (Phi) is 4.12. The maximum absolute atomic E-state index is 5.95. The van der Waals surface area contributed by atoms with E-state index >= 15 is 0 Å². The average Bonchev–Trinajstić information content (AvgIpc) is 2.09. The first-order chi connectivity index (χ1) is 5.84. The van der Waals surface area contributed by atoms with Crippen LogP contribution < -0.4 is 0 Å². The molecule has 0 aromatic heterocycles. The van der Waals surface area contributed by atoms with Gasteiger partial charge in [0.05, 0.1) is 6.61 Å². The van der Waals surface area contributed by atoms with Crippen molar-refractivity contribution in [3.05, 3.63) is 34.9 Å². The van der Waals surface area contributed by atoms with Crippen LogP contribution in [0, 0.1) is 0 Å². The Morgan fingerprint density at radius 3 is 2.75 bits per heavy atom. The van der Waals surface area contributed by atoms with E-state index in [1.54, 1.807) is 0 Å². The van der Waals surface area contributed by atoms with Crippen LogP contribution in [-0.4, -0.2) is 13.2 Å². The molecule has 0 aliphatic rings. The van der Waals surface area contributed by atoms with Crippen molar-refractivity contribution in [2.75, 3.05) is 13.2 Å². The fourth-order valence-corrected chi connectivity index (χ4v) is 1.26. The lowest BCUT2D eigenvalue weighted by Gasteiger charge is -2.03. The largest absolute Gasteiger partial charge is 0.381 e. The molecule has 1 nitrogen and oxygen atoms in total. The smallest absolute Gasteiger partial charge is 0.0506 e. The molecule has 66 valence electrons. The molecular weight excluding hydrogens is 172 g/mol. The highest BCUT2D eigenvalue weighted by atomic mass is 35.5. The van der Waals surface area contributed by atoms with Gasteiger partial charge in [-0.1, -0.05) is 29.8 Å². The Balaban J connectivity index is 2.46. The standard InChI is InChI=1S/C10H13ClO/c1-2-12-8-7-9-5-3-4-6-10(9)11/h3-6H,2,7-8H2,1H3. The Hall–Kier alpha value is -0.530. The van der Waals surface area contributed by atoms with Crippen molar-refractivity contribution in [3.8, 4) is 0 Å². The zero-order chi connectivity index (χ0) is 8.81. The highest BCUT2D eigenvalue weighted by molar-refractivity contribution is 6.31. The van der Waals surface area contributed by atoms with E-state index in [-0.39, 0.29) is 0 Å². The third kappa shape index (κ3) is 2.84. The molecule has 0 amide bonds. The lowest BCUT2D eigenvalue weighted by Crippen LogP contribution is -1.97. The molecule has 0 saturated heterocycles. The summed E-state index contributed by atoms with van der Waals surface area (Å²) in [6.45, 7) is 3.51. The van der Waals surface area contributed by atoms with Crippen molar-refractivity contribution >= 4 is 11.6 Å². The monoisotopic (exact) mass is 184 g/mol. The summed E-state index contributed by atoms with van der Waals surface area (Å²) in [5.74, 6) is 0. The molecule has 12 heavy (non-hydrogen) atoms. The van der Waals surface area contributed by atoms with Crippen LogP contribution >= 0.6 is 11.6 Å². The van der Waals surface area contributed by atoms with E-state index in [0.29, 0.717) is 0 Å². The molecule has 0 fully saturated rings. The molecule has 0 aliphatic heterocycles. The van der Waals surface area contributed by atoms with Crippen molar-refractivity contribution < 1.29 is 4.74 Å². The van der Waals surface area contributed by atoms with E-state index in [2.05, 4.69) is 0 Å². The second-order valence-corrected chi connectivity index (χ2v) is 2.95. The van der Waals surface area contributed by atoms with Crippen molar-refractivity contribution in [2.24, 2.45) is 0 Å². The third-order valence-corrected chi connectivity index (χ3v) is 2.05. The van der Waals surface area contributed by atoms with Gasteiger partial charge in [-0.25, -0.2) is 0 Å². The number of hydrogen-bond acceptors (Lipinski definition) is 1. The Bertz CT molecular complexity index is 235. The molecule has 0 saturated carbocycles. The van der Waals surface area contributed by atoms with Gasteiger partial charge in [0.2, 0.25) is 0 Å². The minimum Gasteiger partial charge on any atom is -0.381 e. The maximum atomic E-state index is 5.95. The highest BCUT2D eigenvalue weighted by Gasteiger charge is 1.97. The van der Waals surface area contributed by atoms with Crippen LogP contribution in [0.4, 0.5) is 0 Å². The molecular formula is C10H13ClO. The first-order valence-electron chi connectivity index (χ1n) is 4.15. The van der Waals surface area contributed by atoms with Crippen molar-refractivity contribution in [1.82, 2.24) is 0 Å². The molecule has 1 rings (SSSR count). The summed E-state index contributed by atoms with van der Waals surface area (Å²) in [4.78, 5) is 0. The van der Waals surface area contributed by atoms with Crippen LogP contribution in [0.3, 0.4) is 0 Å². The lowest BCUT2D eigenvalue weighted by molar-refractivity contribution is 0.151. The zero-order valence-electron chi connectivity index (χ0n) is 7.22. The fourth-order valence-electron chi connectivity index (χ4n) is 1.03. The highest BCUT2D eigenvalue weighted by Crippen LogP contribution is 2.14. The van der Waals surface area contributed by atoms with Gasteiger partial charge < -0.3 is 4.74 Å². The van der Waals surface area contributed by atoms with Crippen LogP contribution in [0.5, 0.6) is 0 Å². The number of halogens is 1. The molecule has 0 heterocycles. The summed E-state index contributed by atoms with van der Waals surface area (Å²) in [5, 5.41) is 0.831. The summed E-state index contributed by atoms with van der Waals surface area (Å²) in [7, 11) is 0. The topological polar surface area (TPSA) is 9.23 Å². The van der Waals surface area contributed by atoms with E-state index in [1.165, 1.54) is 0 Å². The molecule has 0 N–H and O–H groups in total. The van der Waals surface area contributed by atoms with E-state index in [4.69, 9.17) is 16.3 Å². The molecule has 0 aliphatic carbocycles. The summed E-state index contributed by atoms with van der Waals surface area (Å²) in [5.41, 5.74) is 1.16. The van der Waals surface area contributed by atoms with Gasteiger partial charge in [-0.05, 0) is 25.0 Å². The molecule has 1 aromatic rings. The SMILES string of the molecule is CCOCCc1ccccc1Cl. The second-order valence-electron chi connectivity index (χ2n) is 2.54.